The second kappa shape index (κ2) is 15.3. The lowest BCUT2D eigenvalue weighted by Crippen LogP contribution is -2.38. The highest BCUT2D eigenvalue weighted by Gasteiger charge is 2.00. The highest BCUT2D eigenvalue weighted by molar-refractivity contribution is 14.0. The van der Waals surface area contributed by atoms with Crippen LogP contribution in [-0.4, -0.2) is 41.8 Å². The van der Waals surface area contributed by atoms with Gasteiger partial charge < -0.3 is 19.9 Å². The van der Waals surface area contributed by atoms with Gasteiger partial charge in [-0.1, -0.05) is 37.6 Å². The molecule has 0 radical (unpaired) electrons. The lowest BCUT2D eigenvalue weighted by Gasteiger charge is -2.12. The van der Waals surface area contributed by atoms with E-state index in [9.17, 15) is 0 Å². The fourth-order valence-electron chi connectivity index (χ4n) is 2.66. The summed E-state index contributed by atoms with van der Waals surface area (Å²) in [5, 5.41) is 6.68. The number of guanidine groups is 1. The van der Waals surface area contributed by atoms with Crippen molar-refractivity contribution in [3.8, 4) is 0 Å². The zero-order chi connectivity index (χ0) is 19.2. The molecule has 0 saturated heterocycles. The quantitative estimate of drug-likeness (QED) is 0.202. The monoisotopic (exact) mass is 499 g/mol. The van der Waals surface area contributed by atoms with E-state index < -0.39 is 0 Å². The molecule has 0 unspecified atom stereocenters. The molecule has 0 fully saturated rings. The molecule has 0 atom stereocenters. The van der Waals surface area contributed by atoms with Crippen LogP contribution < -0.4 is 10.6 Å². The van der Waals surface area contributed by atoms with Crippen LogP contribution in [-0.2, 0) is 17.8 Å². The Morgan fingerprint density at radius 1 is 1.14 bits per heavy atom. The summed E-state index contributed by atoms with van der Waals surface area (Å²) < 4.78 is 7.66. The van der Waals surface area contributed by atoms with Crippen LogP contribution in [0.4, 0.5) is 0 Å². The largest absolute Gasteiger partial charge is 0.381 e. The average Bonchev–Trinajstić information content (AvgIpc) is 3.18. The van der Waals surface area contributed by atoms with Crippen molar-refractivity contribution in [2.75, 3.05) is 26.3 Å². The molecule has 1 aromatic heterocycles. The number of hydrogen-bond acceptors (Lipinski definition) is 3. The van der Waals surface area contributed by atoms with Crippen molar-refractivity contribution in [1.29, 1.82) is 0 Å². The number of halogens is 1. The summed E-state index contributed by atoms with van der Waals surface area (Å²) in [6, 6.07) is 8.54. The molecule has 0 bridgehead atoms. The van der Waals surface area contributed by atoms with Gasteiger partial charge in [-0.25, -0.2) is 9.98 Å². The first-order chi connectivity index (χ1) is 13.3. The minimum Gasteiger partial charge on any atom is -0.381 e. The van der Waals surface area contributed by atoms with E-state index in [2.05, 4.69) is 58.3 Å². The van der Waals surface area contributed by atoms with E-state index in [1.807, 2.05) is 12.5 Å². The van der Waals surface area contributed by atoms with Crippen molar-refractivity contribution in [2.45, 2.75) is 46.2 Å². The third kappa shape index (κ3) is 10.1. The predicted octanol–water partition coefficient (Wildman–Crippen LogP) is 3.81. The van der Waals surface area contributed by atoms with Gasteiger partial charge in [0.2, 0.25) is 0 Å². The lowest BCUT2D eigenvalue weighted by atomic mass is 10.1. The smallest absolute Gasteiger partial charge is 0.191 e. The number of unbranched alkanes of at least 4 members (excludes halogenated alkanes) is 1. The van der Waals surface area contributed by atoms with Gasteiger partial charge >= 0.3 is 0 Å². The van der Waals surface area contributed by atoms with Gasteiger partial charge in [-0.2, -0.15) is 0 Å². The van der Waals surface area contributed by atoms with Gasteiger partial charge in [-0.05, 0) is 30.9 Å². The number of aliphatic imine (C=N–C) groups is 1. The first-order valence-electron chi connectivity index (χ1n) is 9.95. The van der Waals surface area contributed by atoms with Crippen LogP contribution in [0, 0.1) is 0 Å². The fourth-order valence-corrected chi connectivity index (χ4v) is 2.66. The zero-order valence-electron chi connectivity index (χ0n) is 17.1. The van der Waals surface area contributed by atoms with Gasteiger partial charge in [-0.3, -0.25) is 0 Å². The standard InChI is InChI=1S/C21H33N5O.HI/c1-3-5-13-27-14-7-10-24-21(23-4-2)25-16-19-8-6-9-20(15-19)17-26-12-11-22-18-26;/h6,8-9,11-12,15,18H,3-5,7,10,13-14,16-17H2,1-2H3,(H2,23,24,25);1H. The third-order valence-electron chi connectivity index (χ3n) is 4.08. The van der Waals surface area contributed by atoms with Crippen molar-refractivity contribution in [3.63, 3.8) is 0 Å². The number of aromatic nitrogens is 2. The molecule has 0 aliphatic heterocycles. The molecular weight excluding hydrogens is 465 g/mol. The molecule has 0 spiro atoms. The van der Waals surface area contributed by atoms with Crippen LogP contribution in [0.2, 0.25) is 0 Å². The summed E-state index contributed by atoms with van der Waals surface area (Å²) in [6.45, 7) is 9.10. The Bertz CT molecular complexity index is 661. The van der Waals surface area contributed by atoms with Crippen molar-refractivity contribution >= 4 is 29.9 Å². The summed E-state index contributed by atoms with van der Waals surface area (Å²) in [5.74, 6) is 0.853. The lowest BCUT2D eigenvalue weighted by molar-refractivity contribution is 0.129. The van der Waals surface area contributed by atoms with Crippen LogP contribution in [0.5, 0.6) is 0 Å². The topological polar surface area (TPSA) is 63.5 Å². The molecule has 2 rings (SSSR count). The minimum absolute atomic E-state index is 0. The Morgan fingerprint density at radius 3 is 2.71 bits per heavy atom. The Labute approximate surface area is 186 Å². The fraction of sp³-hybridized carbons (Fsp3) is 0.524. The number of ether oxygens (including phenoxy) is 1. The van der Waals surface area contributed by atoms with Gasteiger partial charge in [0.15, 0.2) is 5.96 Å². The Morgan fingerprint density at radius 2 is 1.96 bits per heavy atom. The van der Waals surface area contributed by atoms with Gasteiger partial charge in [-0.15, -0.1) is 24.0 Å². The van der Waals surface area contributed by atoms with E-state index >= 15 is 0 Å². The summed E-state index contributed by atoms with van der Waals surface area (Å²) in [4.78, 5) is 8.80. The van der Waals surface area contributed by atoms with Crippen molar-refractivity contribution in [2.24, 2.45) is 4.99 Å². The number of rotatable bonds is 12. The molecule has 156 valence electrons. The second-order valence-electron chi connectivity index (χ2n) is 6.50. The Hall–Kier alpha value is -1.61. The normalized spacial score (nSPS) is 11.1. The second-order valence-corrected chi connectivity index (χ2v) is 6.50. The van der Waals surface area contributed by atoms with Gasteiger partial charge in [0, 0.05) is 45.2 Å². The van der Waals surface area contributed by atoms with E-state index in [1.54, 1.807) is 6.20 Å². The highest BCUT2D eigenvalue weighted by Crippen LogP contribution is 2.08. The molecule has 0 aliphatic carbocycles. The summed E-state index contributed by atoms with van der Waals surface area (Å²) in [5.41, 5.74) is 2.45. The van der Waals surface area contributed by atoms with Crippen molar-refractivity contribution in [3.05, 3.63) is 54.1 Å². The number of nitrogens with zero attached hydrogens (tertiary/aromatic N) is 3. The van der Waals surface area contributed by atoms with Crippen molar-refractivity contribution in [1.82, 2.24) is 20.2 Å². The van der Waals surface area contributed by atoms with Crippen LogP contribution in [0.3, 0.4) is 0 Å². The summed E-state index contributed by atoms with van der Waals surface area (Å²) in [7, 11) is 0. The number of nitrogens with one attached hydrogen (secondary N) is 2. The van der Waals surface area contributed by atoms with Gasteiger partial charge in [0.1, 0.15) is 0 Å². The number of benzene rings is 1. The first-order valence-corrected chi connectivity index (χ1v) is 9.95. The SMILES string of the molecule is CCCCOCCCNC(=NCc1cccc(Cn2ccnc2)c1)NCC.I. The van der Waals surface area contributed by atoms with E-state index in [0.29, 0.717) is 6.54 Å². The Balaban J connectivity index is 0.00000392. The van der Waals surface area contributed by atoms with Gasteiger partial charge in [0.25, 0.3) is 0 Å². The molecule has 1 aromatic carbocycles. The molecule has 1 heterocycles. The summed E-state index contributed by atoms with van der Waals surface area (Å²) >= 11 is 0. The molecule has 7 heteroatoms. The van der Waals surface area contributed by atoms with Crippen LogP contribution >= 0.6 is 24.0 Å². The molecule has 0 amide bonds. The van der Waals surface area contributed by atoms with Crippen molar-refractivity contribution < 1.29 is 4.74 Å². The van der Waals surface area contributed by atoms with E-state index in [0.717, 1.165) is 51.6 Å². The maximum Gasteiger partial charge on any atom is 0.191 e. The maximum atomic E-state index is 5.59. The molecule has 28 heavy (non-hydrogen) atoms. The number of hydrogen-bond donors (Lipinski definition) is 2. The summed E-state index contributed by atoms with van der Waals surface area (Å²) in [6.07, 6.45) is 8.91. The van der Waals surface area contributed by atoms with E-state index in [1.165, 1.54) is 17.5 Å². The first kappa shape index (κ1) is 24.4. The van der Waals surface area contributed by atoms with Gasteiger partial charge in [0.05, 0.1) is 12.9 Å². The molecule has 0 saturated carbocycles. The molecule has 0 aliphatic rings. The number of imidazole rings is 1. The zero-order valence-corrected chi connectivity index (χ0v) is 19.4. The average molecular weight is 499 g/mol. The predicted molar refractivity (Wildman–Crippen MR) is 126 cm³/mol. The van der Waals surface area contributed by atoms with E-state index in [4.69, 9.17) is 9.73 Å². The maximum absolute atomic E-state index is 5.59. The van der Waals surface area contributed by atoms with Crippen LogP contribution in [0.25, 0.3) is 0 Å². The molecule has 6 nitrogen and oxygen atoms in total. The third-order valence-corrected chi connectivity index (χ3v) is 4.08. The van der Waals surface area contributed by atoms with Crippen LogP contribution in [0.15, 0.2) is 48.0 Å². The Kier molecular flexibility index (Phi) is 13.4. The van der Waals surface area contributed by atoms with Crippen LogP contribution in [0.1, 0.15) is 44.2 Å². The highest BCUT2D eigenvalue weighted by atomic mass is 127. The minimum atomic E-state index is 0. The van der Waals surface area contributed by atoms with E-state index in [-0.39, 0.29) is 24.0 Å². The molecule has 2 N–H and O–H groups in total. The molecular formula is C21H34IN5O. The molecule has 2 aromatic rings.